The highest BCUT2D eigenvalue weighted by molar-refractivity contribution is 5.25. The van der Waals surface area contributed by atoms with Crippen LogP contribution in [0.5, 0.6) is 0 Å². The highest BCUT2D eigenvalue weighted by Gasteiger charge is 2.51. The van der Waals surface area contributed by atoms with Crippen molar-refractivity contribution in [2.45, 2.75) is 31.4 Å². The van der Waals surface area contributed by atoms with Gasteiger partial charge < -0.3 is 0 Å². The maximum Gasteiger partial charge on any atom is 0.131 e. The Hall–Kier alpha value is -0.900. The highest BCUT2D eigenvalue weighted by Crippen LogP contribution is 2.43. The van der Waals surface area contributed by atoms with Crippen LogP contribution in [0.15, 0.2) is 30.3 Å². The van der Waals surface area contributed by atoms with Gasteiger partial charge in [0.25, 0.3) is 0 Å². The molecule has 3 nitrogen and oxygen atoms in total. The van der Waals surface area contributed by atoms with Crippen molar-refractivity contribution in [3.05, 3.63) is 35.9 Å². The Morgan fingerprint density at radius 1 is 1.31 bits per heavy atom. The average Bonchev–Trinajstić information content (AvgIpc) is 2.86. The second-order valence-electron chi connectivity index (χ2n) is 4.85. The highest BCUT2D eigenvalue weighted by atomic mass is 16.7. The summed E-state index contributed by atoms with van der Waals surface area (Å²) in [7, 11) is 2.01. The minimum Gasteiger partial charge on any atom is -0.271 e. The fraction of sp³-hybridized carbons (Fsp3) is 0.538. The van der Waals surface area contributed by atoms with Gasteiger partial charge in [0.1, 0.15) is 5.60 Å². The zero-order chi connectivity index (χ0) is 11.2. The lowest BCUT2D eigenvalue weighted by Crippen LogP contribution is -2.38. The maximum atomic E-state index is 6.06. The summed E-state index contributed by atoms with van der Waals surface area (Å²) in [6.07, 6.45) is 2.48. The fourth-order valence-corrected chi connectivity index (χ4v) is 3.05. The molecule has 0 aromatic heterocycles. The molecule has 2 aliphatic heterocycles. The van der Waals surface area contributed by atoms with Gasteiger partial charge >= 0.3 is 0 Å². The summed E-state index contributed by atoms with van der Waals surface area (Å²) in [5, 5.41) is 4.26. The van der Waals surface area contributed by atoms with Gasteiger partial charge in [0, 0.05) is 13.6 Å². The van der Waals surface area contributed by atoms with Crippen molar-refractivity contribution < 1.29 is 4.84 Å². The van der Waals surface area contributed by atoms with Crippen molar-refractivity contribution in [3.8, 4) is 0 Å². The van der Waals surface area contributed by atoms with E-state index in [1.54, 1.807) is 0 Å². The maximum absolute atomic E-state index is 6.06. The Bertz CT molecular complexity index is 381. The van der Waals surface area contributed by atoms with Gasteiger partial charge in [-0.3, -0.25) is 4.84 Å². The summed E-state index contributed by atoms with van der Waals surface area (Å²) in [5.41, 5.74) is 1.09. The van der Waals surface area contributed by atoms with Gasteiger partial charge in [0.2, 0.25) is 0 Å². The van der Waals surface area contributed by atoms with E-state index in [1.807, 2.05) is 12.2 Å². The Balaban J connectivity index is 1.99. The normalized spacial score (nSPS) is 35.5. The van der Waals surface area contributed by atoms with E-state index in [4.69, 9.17) is 4.84 Å². The molecule has 0 amide bonds. The molecule has 2 saturated heterocycles. The molecule has 1 aromatic carbocycles. The first-order chi connectivity index (χ1) is 7.72. The lowest BCUT2D eigenvalue weighted by molar-refractivity contribution is -0.242. The molecule has 2 fully saturated rings. The summed E-state index contributed by atoms with van der Waals surface area (Å²) >= 11 is 0. The lowest BCUT2D eigenvalue weighted by Gasteiger charge is -2.27. The molecule has 2 atom stereocenters. The smallest absolute Gasteiger partial charge is 0.131 e. The third kappa shape index (κ3) is 1.32. The summed E-state index contributed by atoms with van der Waals surface area (Å²) in [5.74, 6) is 0. The number of hydrogen-bond donors (Lipinski definition) is 0. The molecule has 2 aliphatic rings. The number of rotatable bonds is 1. The Morgan fingerprint density at radius 2 is 2.06 bits per heavy atom. The van der Waals surface area contributed by atoms with E-state index in [0.29, 0.717) is 6.04 Å². The van der Waals surface area contributed by atoms with Crippen molar-refractivity contribution >= 4 is 0 Å². The van der Waals surface area contributed by atoms with Crippen molar-refractivity contribution in [3.63, 3.8) is 0 Å². The number of hydroxylamine groups is 1. The van der Waals surface area contributed by atoms with E-state index in [0.717, 1.165) is 6.54 Å². The first-order valence-electron chi connectivity index (χ1n) is 5.97. The first kappa shape index (κ1) is 10.3. The molecule has 0 unspecified atom stereocenters. The number of hydrogen-bond acceptors (Lipinski definition) is 3. The molecule has 3 rings (SSSR count). The molecule has 0 bridgehead atoms. The molecule has 0 N–H and O–H groups in total. The predicted octanol–water partition coefficient (Wildman–Crippen LogP) is 2.16. The van der Waals surface area contributed by atoms with Gasteiger partial charge in [-0.05, 0) is 25.3 Å². The quantitative estimate of drug-likeness (QED) is 0.718. The van der Waals surface area contributed by atoms with Crippen molar-refractivity contribution in [2.75, 3.05) is 13.6 Å². The Kier molecular flexibility index (Phi) is 2.28. The van der Waals surface area contributed by atoms with Crippen LogP contribution < -0.4 is 0 Å². The van der Waals surface area contributed by atoms with Crippen LogP contribution in [0.1, 0.15) is 25.3 Å². The molecular formula is C13H18N2O. The van der Waals surface area contributed by atoms with Gasteiger partial charge in [-0.15, -0.1) is 5.17 Å². The van der Waals surface area contributed by atoms with Crippen LogP contribution >= 0.6 is 0 Å². The van der Waals surface area contributed by atoms with Gasteiger partial charge in [0.15, 0.2) is 0 Å². The summed E-state index contributed by atoms with van der Waals surface area (Å²) in [4.78, 5) is 6.06. The summed E-state index contributed by atoms with van der Waals surface area (Å²) in [6, 6.07) is 11.0. The topological polar surface area (TPSA) is 15.7 Å². The van der Waals surface area contributed by atoms with Crippen LogP contribution in [0, 0.1) is 0 Å². The molecule has 0 radical (unpaired) electrons. The Labute approximate surface area is 96.5 Å². The second-order valence-corrected chi connectivity index (χ2v) is 4.85. The number of fused-ring (bicyclic) bond motifs is 1. The second kappa shape index (κ2) is 3.55. The Morgan fingerprint density at radius 3 is 2.81 bits per heavy atom. The van der Waals surface area contributed by atoms with Crippen LogP contribution in [0.2, 0.25) is 0 Å². The van der Waals surface area contributed by atoms with E-state index in [-0.39, 0.29) is 5.60 Å². The van der Waals surface area contributed by atoms with E-state index < -0.39 is 0 Å². The van der Waals surface area contributed by atoms with Crippen LogP contribution in [-0.4, -0.2) is 29.8 Å². The standard InChI is InChI=1S/C13H18N2O/c1-13(11-7-4-3-5-8-11)12-9-6-10-15(12)14(2)16-13/h3-5,7-8,12H,6,9-10H2,1-2H3/t12-,13+/m1/s1. The third-order valence-electron chi connectivity index (χ3n) is 3.89. The van der Waals surface area contributed by atoms with Gasteiger partial charge in [-0.25, -0.2) is 5.01 Å². The molecule has 16 heavy (non-hydrogen) atoms. The van der Waals surface area contributed by atoms with Crippen LogP contribution in [0.25, 0.3) is 0 Å². The lowest BCUT2D eigenvalue weighted by atomic mass is 9.87. The molecule has 0 saturated carbocycles. The largest absolute Gasteiger partial charge is 0.271 e. The summed E-state index contributed by atoms with van der Waals surface area (Å²) in [6.45, 7) is 3.32. The molecule has 3 heteroatoms. The number of hydrazine groups is 1. The van der Waals surface area contributed by atoms with Gasteiger partial charge in [-0.2, -0.15) is 0 Å². The predicted molar refractivity (Wildman–Crippen MR) is 62.4 cm³/mol. The van der Waals surface area contributed by atoms with E-state index >= 15 is 0 Å². The zero-order valence-electron chi connectivity index (χ0n) is 9.89. The fourth-order valence-electron chi connectivity index (χ4n) is 3.05. The molecular weight excluding hydrogens is 200 g/mol. The number of benzene rings is 1. The molecule has 86 valence electrons. The van der Waals surface area contributed by atoms with Crippen molar-refractivity contribution in [1.29, 1.82) is 0 Å². The first-order valence-corrected chi connectivity index (χ1v) is 5.97. The van der Waals surface area contributed by atoms with E-state index in [1.165, 1.54) is 18.4 Å². The van der Waals surface area contributed by atoms with Crippen LogP contribution in [0.4, 0.5) is 0 Å². The number of nitrogens with zero attached hydrogens (tertiary/aromatic N) is 2. The van der Waals surface area contributed by atoms with Gasteiger partial charge in [0.05, 0.1) is 6.04 Å². The minimum absolute atomic E-state index is 0.188. The van der Waals surface area contributed by atoms with Crippen molar-refractivity contribution in [1.82, 2.24) is 10.2 Å². The van der Waals surface area contributed by atoms with E-state index in [2.05, 4.69) is 42.3 Å². The van der Waals surface area contributed by atoms with E-state index in [9.17, 15) is 0 Å². The SMILES string of the molecule is CN1O[C@@](C)(c2ccccc2)[C@H]2CCCN21. The van der Waals surface area contributed by atoms with Crippen LogP contribution in [-0.2, 0) is 10.4 Å². The van der Waals surface area contributed by atoms with Crippen molar-refractivity contribution in [2.24, 2.45) is 0 Å². The molecule has 0 aliphatic carbocycles. The zero-order valence-corrected chi connectivity index (χ0v) is 9.89. The van der Waals surface area contributed by atoms with Gasteiger partial charge in [-0.1, -0.05) is 30.3 Å². The average molecular weight is 218 g/mol. The molecule has 1 aromatic rings. The summed E-state index contributed by atoms with van der Waals surface area (Å²) < 4.78 is 0. The molecule has 0 spiro atoms. The minimum atomic E-state index is -0.188. The van der Waals surface area contributed by atoms with Crippen LogP contribution in [0.3, 0.4) is 0 Å². The monoisotopic (exact) mass is 218 g/mol. The third-order valence-corrected chi connectivity index (χ3v) is 3.89. The molecule has 2 heterocycles.